The van der Waals surface area contributed by atoms with Gasteiger partial charge in [0.15, 0.2) is 0 Å². The number of dihydropyridines is 1. The van der Waals surface area contributed by atoms with Crippen LogP contribution in [0.25, 0.3) is 6.08 Å². The van der Waals surface area contributed by atoms with Crippen molar-refractivity contribution in [3.05, 3.63) is 99.9 Å². The van der Waals surface area contributed by atoms with Crippen LogP contribution in [-0.4, -0.2) is 23.7 Å². The summed E-state index contributed by atoms with van der Waals surface area (Å²) in [5, 5.41) is 12.9. The third-order valence-electron chi connectivity index (χ3n) is 5.04. The standard InChI is InChI=1S/C25H25NO4/c1-16-11-13-20(14-12-16)23-21(24(27)28)17(2)26-18(3)22(23)25(29)30-15-7-10-19-8-5-4-6-9-19/h4-14,23,26H,15H2,1-3H3,(H,27,28)/b10-7+. The van der Waals surface area contributed by atoms with Gasteiger partial charge in [0, 0.05) is 11.4 Å². The zero-order chi connectivity index (χ0) is 21.7. The van der Waals surface area contributed by atoms with E-state index in [0.29, 0.717) is 17.0 Å². The molecule has 1 aliphatic heterocycles. The molecule has 1 atom stereocenters. The zero-order valence-corrected chi connectivity index (χ0v) is 17.3. The molecular weight excluding hydrogens is 378 g/mol. The van der Waals surface area contributed by atoms with Gasteiger partial charge in [-0.3, -0.25) is 0 Å². The Hall–Kier alpha value is -3.60. The van der Waals surface area contributed by atoms with Crippen molar-refractivity contribution in [2.45, 2.75) is 26.7 Å². The van der Waals surface area contributed by atoms with Gasteiger partial charge in [-0.15, -0.1) is 0 Å². The minimum absolute atomic E-state index is 0.0935. The van der Waals surface area contributed by atoms with E-state index >= 15 is 0 Å². The Balaban J connectivity index is 1.87. The predicted octanol–water partition coefficient (Wildman–Crippen LogP) is 4.57. The van der Waals surface area contributed by atoms with Gasteiger partial charge in [0.25, 0.3) is 0 Å². The molecule has 5 nitrogen and oxygen atoms in total. The summed E-state index contributed by atoms with van der Waals surface area (Å²) in [7, 11) is 0. The first-order valence-corrected chi connectivity index (χ1v) is 9.75. The van der Waals surface area contributed by atoms with E-state index in [1.54, 1.807) is 19.9 Å². The Bertz CT molecular complexity index is 1030. The van der Waals surface area contributed by atoms with Crippen molar-refractivity contribution in [3.8, 4) is 0 Å². The van der Waals surface area contributed by atoms with E-state index in [2.05, 4.69) is 5.32 Å². The van der Waals surface area contributed by atoms with Crippen LogP contribution < -0.4 is 5.32 Å². The Morgan fingerprint density at radius 1 is 0.967 bits per heavy atom. The summed E-state index contributed by atoms with van der Waals surface area (Å²) >= 11 is 0. The Kier molecular flexibility index (Phi) is 6.52. The number of esters is 1. The molecule has 0 bridgehead atoms. The van der Waals surface area contributed by atoms with E-state index in [-0.39, 0.29) is 12.2 Å². The molecule has 3 rings (SSSR count). The molecule has 0 amide bonds. The second kappa shape index (κ2) is 9.27. The number of carboxylic acid groups (broad SMARTS) is 1. The first kappa shape index (κ1) is 21.1. The maximum absolute atomic E-state index is 13.0. The van der Waals surface area contributed by atoms with Crippen molar-refractivity contribution in [2.24, 2.45) is 0 Å². The van der Waals surface area contributed by atoms with Crippen LogP contribution in [0.1, 0.15) is 36.5 Å². The van der Waals surface area contributed by atoms with Gasteiger partial charge >= 0.3 is 11.9 Å². The minimum atomic E-state index is -1.06. The van der Waals surface area contributed by atoms with E-state index in [4.69, 9.17) is 4.74 Å². The predicted molar refractivity (Wildman–Crippen MR) is 117 cm³/mol. The van der Waals surface area contributed by atoms with E-state index in [1.807, 2.05) is 67.6 Å². The van der Waals surface area contributed by atoms with Crippen molar-refractivity contribution in [1.82, 2.24) is 5.32 Å². The van der Waals surface area contributed by atoms with Crippen molar-refractivity contribution >= 4 is 18.0 Å². The number of aliphatic carboxylic acids is 1. The van der Waals surface area contributed by atoms with Crippen LogP contribution in [0.4, 0.5) is 0 Å². The highest BCUT2D eigenvalue weighted by Crippen LogP contribution is 2.38. The highest BCUT2D eigenvalue weighted by molar-refractivity contribution is 5.99. The van der Waals surface area contributed by atoms with Crippen LogP contribution in [-0.2, 0) is 14.3 Å². The summed E-state index contributed by atoms with van der Waals surface area (Å²) in [4.78, 5) is 25.0. The summed E-state index contributed by atoms with van der Waals surface area (Å²) in [5.41, 5.74) is 4.39. The number of allylic oxidation sites excluding steroid dienone is 2. The molecule has 0 radical (unpaired) electrons. The molecule has 5 heteroatoms. The highest BCUT2D eigenvalue weighted by atomic mass is 16.5. The number of benzene rings is 2. The van der Waals surface area contributed by atoms with E-state index < -0.39 is 17.9 Å². The average molecular weight is 403 g/mol. The van der Waals surface area contributed by atoms with Gasteiger partial charge in [-0.1, -0.05) is 66.2 Å². The zero-order valence-electron chi connectivity index (χ0n) is 17.3. The average Bonchev–Trinajstić information content (AvgIpc) is 2.71. The number of carbonyl (C=O) groups is 2. The summed E-state index contributed by atoms with van der Waals surface area (Å²) in [6.45, 7) is 5.52. The number of carbonyl (C=O) groups excluding carboxylic acids is 1. The molecule has 1 heterocycles. The number of carboxylic acids is 1. The molecular formula is C25H25NO4. The molecule has 0 fully saturated rings. The van der Waals surface area contributed by atoms with Gasteiger partial charge in [-0.2, -0.15) is 0 Å². The smallest absolute Gasteiger partial charge is 0.337 e. The topological polar surface area (TPSA) is 75.6 Å². The fourth-order valence-corrected chi connectivity index (χ4v) is 3.59. The molecule has 2 aromatic carbocycles. The number of ether oxygens (including phenoxy) is 1. The van der Waals surface area contributed by atoms with Gasteiger partial charge in [0.2, 0.25) is 0 Å². The van der Waals surface area contributed by atoms with Crippen molar-refractivity contribution in [2.75, 3.05) is 6.61 Å². The van der Waals surface area contributed by atoms with E-state index in [9.17, 15) is 14.7 Å². The van der Waals surface area contributed by atoms with Crippen LogP contribution in [0.2, 0.25) is 0 Å². The van der Waals surface area contributed by atoms with E-state index in [1.165, 1.54) is 0 Å². The summed E-state index contributed by atoms with van der Waals surface area (Å²) in [5.74, 6) is -2.29. The lowest BCUT2D eigenvalue weighted by molar-refractivity contribution is -0.138. The monoisotopic (exact) mass is 403 g/mol. The van der Waals surface area contributed by atoms with E-state index in [0.717, 1.165) is 16.7 Å². The Morgan fingerprint density at radius 2 is 1.60 bits per heavy atom. The van der Waals surface area contributed by atoms with Gasteiger partial charge in [-0.25, -0.2) is 9.59 Å². The number of hydrogen-bond acceptors (Lipinski definition) is 4. The van der Waals surface area contributed by atoms with Gasteiger partial charge in [0.1, 0.15) is 6.61 Å². The molecule has 0 saturated heterocycles. The maximum atomic E-state index is 13.0. The molecule has 0 aliphatic carbocycles. The molecule has 0 saturated carbocycles. The number of rotatable bonds is 6. The number of hydrogen-bond donors (Lipinski definition) is 2. The fourth-order valence-electron chi connectivity index (χ4n) is 3.59. The lowest BCUT2D eigenvalue weighted by atomic mass is 9.80. The van der Waals surface area contributed by atoms with Gasteiger partial charge in [0.05, 0.1) is 17.1 Å². The van der Waals surface area contributed by atoms with Crippen LogP contribution in [0.5, 0.6) is 0 Å². The van der Waals surface area contributed by atoms with Gasteiger partial charge in [-0.05, 0) is 38.0 Å². The lowest BCUT2D eigenvalue weighted by Gasteiger charge is -2.29. The number of nitrogens with one attached hydrogen (secondary N) is 1. The molecule has 2 aromatic rings. The van der Waals surface area contributed by atoms with Crippen LogP contribution in [0.3, 0.4) is 0 Å². The van der Waals surface area contributed by atoms with Crippen molar-refractivity contribution in [3.63, 3.8) is 0 Å². The third kappa shape index (κ3) is 4.69. The van der Waals surface area contributed by atoms with Gasteiger partial charge < -0.3 is 15.2 Å². The normalized spacial score (nSPS) is 16.6. The molecule has 30 heavy (non-hydrogen) atoms. The second-order valence-electron chi connectivity index (χ2n) is 7.26. The fraction of sp³-hybridized carbons (Fsp3) is 0.200. The first-order chi connectivity index (χ1) is 14.4. The van der Waals surface area contributed by atoms with Crippen molar-refractivity contribution in [1.29, 1.82) is 0 Å². The molecule has 0 aromatic heterocycles. The molecule has 2 N–H and O–H groups in total. The molecule has 154 valence electrons. The van der Waals surface area contributed by atoms with Crippen LogP contribution in [0, 0.1) is 6.92 Å². The highest BCUT2D eigenvalue weighted by Gasteiger charge is 2.37. The summed E-state index contributed by atoms with van der Waals surface area (Å²) < 4.78 is 5.47. The second-order valence-corrected chi connectivity index (χ2v) is 7.26. The SMILES string of the molecule is CC1=C(C(=O)O)C(c2ccc(C)cc2)C(C(=O)OC/C=C/c2ccccc2)=C(C)N1. The Labute approximate surface area is 176 Å². The summed E-state index contributed by atoms with van der Waals surface area (Å²) in [6, 6.07) is 17.2. The molecule has 1 unspecified atom stereocenters. The minimum Gasteiger partial charge on any atom is -0.478 e. The Morgan fingerprint density at radius 3 is 2.23 bits per heavy atom. The van der Waals surface area contributed by atoms with Crippen LogP contribution >= 0.6 is 0 Å². The molecule has 1 aliphatic rings. The quantitative estimate of drug-likeness (QED) is 0.691. The van der Waals surface area contributed by atoms with Crippen molar-refractivity contribution < 1.29 is 19.4 Å². The largest absolute Gasteiger partial charge is 0.478 e. The third-order valence-corrected chi connectivity index (χ3v) is 5.04. The maximum Gasteiger partial charge on any atom is 0.337 e. The van der Waals surface area contributed by atoms with Crippen LogP contribution in [0.15, 0.2) is 83.2 Å². The number of aryl methyl sites for hydroxylation is 1. The lowest BCUT2D eigenvalue weighted by Crippen LogP contribution is -2.31. The first-order valence-electron chi connectivity index (χ1n) is 9.75. The summed E-state index contributed by atoms with van der Waals surface area (Å²) in [6.07, 6.45) is 3.64. The molecule has 0 spiro atoms.